The van der Waals surface area contributed by atoms with E-state index in [0.717, 1.165) is 25.9 Å². The maximum Gasteiger partial charge on any atom is 0.263 e. The Morgan fingerprint density at radius 2 is 1.74 bits per heavy atom. The van der Waals surface area contributed by atoms with Gasteiger partial charge in [-0.1, -0.05) is 45.2 Å². The van der Waals surface area contributed by atoms with Crippen LogP contribution in [0.2, 0.25) is 0 Å². The number of nitrogens with zero attached hydrogens (tertiary/aromatic N) is 2. The van der Waals surface area contributed by atoms with E-state index in [0.29, 0.717) is 11.3 Å². The second-order valence-electron chi connectivity index (χ2n) is 6.48. The first-order chi connectivity index (χ1) is 11.1. The van der Waals surface area contributed by atoms with Crippen molar-refractivity contribution >= 4 is 5.91 Å². The summed E-state index contributed by atoms with van der Waals surface area (Å²) < 4.78 is 5.97. The number of para-hydroxylation sites is 1. The largest absolute Gasteiger partial charge is 0.479 e. The molecule has 124 valence electrons. The molecular weight excluding hydrogens is 288 g/mol. The topological polar surface area (TPSA) is 53.3 Å². The zero-order valence-corrected chi connectivity index (χ0v) is 14.1. The Hall–Kier alpha value is -2.02. The SMILES string of the molecule is CC(C)C(Oc1ccccc1C#N)C(=O)N1CCCCCCC1. The van der Waals surface area contributed by atoms with Gasteiger partial charge in [0.15, 0.2) is 6.10 Å². The fourth-order valence-electron chi connectivity index (χ4n) is 2.92. The Balaban J connectivity index is 2.13. The summed E-state index contributed by atoms with van der Waals surface area (Å²) in [5, 5.41) is 9.20. The van der Waals surface area contributed by atoms with Crippen LogP contribution in [0, 0.1) is 17.2 Å². The van der Waals surface area contributed by atoms with Crippen molar-refractivity contribution in [1.82, 2.24) is 4.90 Å². The van der Waals surface area contributed by atoms with E-state index in [4.69, 9.17) is 4.74 Å². The average Bonchev–Trinajstić information content (AvgIpc) is 2.51. The van der Waals surface area contributed by atoms with E-state index >= 15 is 0 Å². The highest BCUT2D eigenvalue weighted by Crippen LogP contribution is 2.22. The molecular formula is C19H26N2O2. The summed E-state index contributed by atoms with van der Waals surface area (Å²) >= 11 is 0. The van der Waals surface area contributed by atoms with Gasteiger partial charge < -0.3 is 9.64 Å². The van der Waals surface area contributed by atoms with Crippen LogP contribution >= 0.6 is 0 Å². The van der Waals surface area contributed by atoms with Gasteiger partial charge in [-0.25, -0.2) is 0 Å². The van der Waals surface area contributed by atoms with Crippen LogP contribution in [-0.2, 0) is 4.79 Å². The normalized spacial score (nSPS) is 17.0. The molecule has 1 aliphatic heterocycles. The number of carbonyl (C=O) groups is 1. The second kappa shape index (κ2) is 8.57. The highest BCUT2D eigenvalue weighted by atomic mass is 16.5. The van der Waals surface area contributed by atoms with Gasteiger partial charge in [-0.05, 0) is 30.9 Å². The number of amides is 1. The quantitative estimate of drug-likeness (QED) is 0.850. The number of ether oxygens (including phenoxy) is 1. The number of rotatable bonds is 4. The third-order valence-corrected chi connectivity index (χ3v) is 4.28. The van der Waals surface area contributed by atoms with Crippen molar-refractivity contribution in [1.29, 1.82) is 5.26 Å². The Labute approximate surface area is 139 Å². The predicted molar refractivity (Wildman–Crippen MR) is 90.1 cm³/mol. The molecule has 0 N–H and O–H groups in total. The number of nitriles is 1. The average molecular weight is 314 g/mol. The van der Waals surface area contributed by atoms with E-state index in [1.54, 1.807) is 18.2 Å². The van der Waals surface area contributed by atoms with Crippen molar-refractivity contribution in [2.24, 2.45) is 5.92 Å². The van der Waals surface area contributed by atoms with Crippen LogP contribution in [0.25, 0.3) is 0 Å². The molecule has 1 atom stereocenters. The Kier molecular flexibility index (Phi) is 6.46. The van der Waals surface area contributed by atoms with Gasteiger partial charge in [0.1, 0.15) is 11.8 Å². The highest BCUT2D eigenvalue weighted by molar-refractivity contribution is 5.81. The van der Waals surface area contributed by atoms with Crippen LogP contribution in [0.15, 0.2) is 24.3 Å². The molecule has 23 heavy (non-hydrogen) atoms. The van der Waals surface area contributed by atoms with Crippen molar-refractivity contribution < 1.29 is 9.53 Å². The lowest BCUT2D eigenvalue weighted by molar-refractivity contribution is -0.141. The fraction of sp³-hybridized carbons (Fsp3) is 0.579. The van der Waals surface area contributed by atoms with Crippen LogP contribution in [0.1, 0.15) is 51.5 Å². The van der Waals surface area contributed by atoms with Gasteiger partial charge in [0.05, 0.1) is 5.56 Å². The Morgan fingerprint density at radius 1 is 1.13 bits per heavy atom. The molecule has 0 bridgehead atoms. The molecule has 1 aromatic rings. The van der Waals surface area contributed by atoms with Crippen molar-refractivity contribution in [3.8, 4) is 11.8 Å². The molecule has 1 aliphatic rings. The molecule has 1 aromatic carbocycles. The fourth-order valence-corrected chi connectivity index (χ4v) is 2.92. The van der Waals surface area contributed by atoms with Crippen molar-refractivity contribution in [3.63, 3.8) is 0 Å². The highest BCUT2D eigenvalue weighted by Gasteiger charge is 2.29. The zero-order valence-electron chi connectivity index (χ0n) is 14.1. The van der Waals surface area contributed by atoms with Crippen LogP contribution in [0.5, 0.6) is 5.75 Å². The van der Waals surface area contributed by atoms with E-state index in [2.05, 4.69) is 6.07 Å². The number of likely N-dealkylation sites (tertiary alicyclic amines) is 1. The van der Waals surface area contributed by atoms with Crippen molar-refractivity contribution in [2.45, 2.75) is 52.1 Å². The van der Waals surface area contributed by atoms with Gasteiger partial charge in [0.2, 0.25) is 0 Å². The number of hydrogen-bond acceptors (Lipinski definition) is 3. The minimum Gasteiger partial charge on any atom is -0.479 e. The van der Waals surface area contributed by atoms with E-state index in [9.17, 15) is 10.1 Å². The maximum atomic E-state index is 12.9. The lowest BCUT2D eigenvalue weighted by Gasteiger charge is -2.31. The van der Waals surface area contributed by atoms with Crippen molar-refractivity contribution in [2.75, 3.05) is 13.1 Å². The summed E-state index contributed by atoms with van der Waals surface area (Å²) in [6.07, 6.45) is 5.23. The third kappa shape index (κ3) is 4.72. The minimum atomic E-state index is -0.538. The summed E-state index contributed by atoms with van der Waals surface area (Å²) in [5.74, 6) is 0.600. The molecule has 1 amide bonds. The van der Waals surface area contributed by atoms with Gasteiger partial charge in [-0.15, -0.1) is 0 Å². The molecule has 1 saturated heterocycles. The minimum absolute atomic E-state index is 0.0506. The van der Waals surface area contributed by atoms with E-state index in [1.807, 2.05) is 24.8 Å². The molecule has 4 nitrogen and oxygen atoms in total. The molecule has 1 heterocycles. The lowest BCUT2D eigenvalue weighted by Crippen LogP contribution is -2.45. The molecule has 2 rings (SSSR count). The molecule has 0 radical (unpaired) electrons. The number of carbonyl (C=O) groups excluding carboxylic acids is 1. The standard InChI is InChI=1S/C19H26N2O2/c1-15(2)18(23-17-11-7-6-10-16(17)14-20)19(22)21-12-8-4-3-5-9-13-21/h6-7,10-11,15,18H,3-5,8-9,12-13H2,1-2H3. The zero-order chi connectivity index (χ0) is 16.7. The van der Waals surface area contributed by atoms with Gasteiger partial charge in [-0.2, -0.15) is 5.26 Å². The molecule has 0 saturated carbocycles. The predicted octanol–water partition coefficient (Wildman–Crippen LogP) is 3.75. The summed E-state index contributed by atoms with van der Waals surface area (Å²) in [7, 11) is 0. The van der Waals surface area contributed by atoms with Crippen molar-refractivity contribution in [3.05, 3.63) is 29.8 Å². The smallest absolute Gasteiger partial charge is 0.263 e. The van der Waals surface area contributed by atoms with E-state index in [1.165, 1.54) is 19.3 Å². The number of benzene rings is 1. The maximum absolute atomic E-state index is 12.9. The lowest BCUT2D eigenvalue weighted by atomic mass is 10.0. The first-order valence-corrected chi connectivity index (χ1v) is 8.58. The first-order valence-electron chi connectivity index (χ1n) is 8.58. The third-order valence-electron chi connectivity index (χ3n) is 4.28. The molecule has 4 heteroatoms. The molecule has 0 aromatic heterocycles. The first kappa shape index (κ1) is 17.3. The summed E-state index contributed by atoms with van der Waals surface area (Å²) in [4.78, 5) is 14.9. The summed E-state index contributed by atoms with van der Waals surface area (Å²) in [6, 6.07) is 9.23. The van der Waals surface area contributed by atoms with Crippen LogP contribution in [0.4, 0.5) is 0 Å². The van der Waals surface area contributed by atoms with Crippen LogP contribution in [0.3, 0.4) is 0 Å². The monoisotopic (exact) mass is 314 g/mol. The van der Waals surface area contributed by atoms with E-state index in [-0.39, 0.29) is 11.8 Å². The Bertz CT molecular complexity index is 555. The molecule has 1 unspecified atom stereocenters. The second-order valence-corrected chi connectivity index (χ2v) is 6.48. The molecule has 0 spiro atoms. The van der Waals surface area contributed by atoms with Gasteiger partial charge in [0.25, 0.3) is 5.91 Å². The Morgan fingerprint density at radius 3 is 2.35 bits per heavy atom. The van der Waals surface area contributed by atoms with Crippen LogP contribution < -0.4 is 4.74 Å². The van der Waals surface area contributed by atoms with Gasteiger partial charge in [-0.3, -0.25) is 4.79 Å². The van der Waals surface area contributed by atoms with Gasteiger partial charge in [0, 0.05) is 13.1 Å². The van der Waals surface area contributed by atoms with E-state index < -0.39 is 6.10 Å². The summed E-state index contributed by atoms with van der Waals surface area (Å²) in [6.45, 7) is 5.60. The molecule has 0 aliphatic carbocycles. The van der Waals surface area contributed by atoms with Gasteiger partial charge >= 0.3 is 0 Å². The summed E-state index contributed by atoms with van der Waals surface area (Å²) in [5.41, 5.74) is 0.471. The van der Waals surface area contributed by atoms with Crippen LogP contribution in [-0.4, -0.2) is 30.0 Å². The molecule has 1 fully saturated rings. The number of hydrogen-bond donors (Lipinski definition) is 0.